The summed E-state index contributed by atoms with van der Waals surface area (Å²) in [5.41, 5.74) is 3.50. The molecule has 1 aliphatic rings. The van der Waals surface area contributed by atoms with Crippen LogP contribution < -0.4 is 15.5 Å². The lowest BCUT2D eigenvalue weighted by Crippen LogP contribution is -2.36. The van der Waals surface area contributed by atoms with E-state index in [0.717, 1.165) is 43.2 Å². The standard InChI is InChI=1S/C20H24FN3O2/c1-15-14-17(24-10-12-26-13-11-24)6-7-19(15)23-20(25)22-9-8-16-4-2-3-5-18(16)21/h2-7,14H,8-13H2,1H3,(H2,22,23,25). The number of carbonyl (C=O) groups is 1. The summed E-state index contributed by atoms with van der Waals surface area (Å²) in [5.74, 6) is -0.246. The second-order valence-corrected chi connectivity index (χ2v) is 6.32. The molecule has 1 fully saturated rings. The highest BCUT2D eigenvalue weighted by atomic mass is 19.1. The third-order valence-electron chi connectivity index (χ3n) is 4.47. The number of hydrogen-bond acceptors (Lipinski definition) is 3. The summed E-state index contributed by atoms with van der Waals surface area (Å²) in [6.45, 7) is 5.58. The third-order valence-corrected chi connectivity index (χ3v) is 4.47. The van der Waals surface area contributed by atoms with E-state index in [1.165, 1.54) is 6.07 Å². The van der Waals surface area contributed by atoms with Crippen LogP contribution in [-0.2, 0) is 11.2 Å². The normalized spacial score (nSPS) is 14.2. The van der Waals surface area contributed by atoms with Crippen LogP contribution in [0.15, 0.2) is 42.5 Å². The van der Waals surface area contributed by atoms with Gasteiger partial charge in [-0.3, -0.25) is 0 Å². The second-order valence-electron chi connectivity index (χ2n) is 6.32. The molecule has 2 amide bonds. The highest BCUT2D eigenvalue weighted by molar-refractivity contribution is 5.90. The Bertz CT molecular complexity index is 760. The SMILES string of the molecule is Cc1cc(N2CCOCC2)ccc1NC(=O)NCCc1ccccc1F. The van der Waals surface area contributed by atoms with E-state index in [-0.39, 0.29) is 11.8 Å². The van der Waals surface area contributed by atoms with E-state index in [1.807, 2.05) is 19.1 Å². The second kappa shape index (κ2) is 8.67. The molecule has 6 heteroatoms. The number of urea groups is 1. The number of ether oxygens (including phenoxy) is 1. The van der Waals surface area contributed by atoms with Crippen LogP contribution in [0, 0.1) is 12.7 Å². The van der Waals surface area contributed by atoms with Gasteiger partial charge in [0.05, 0.1) is 13.2 Å². The maximum absolute atomic E-state index is 13.6. The molecule has 0 aliphatic carbocycles. The van der Waals surface area contributed by atoms with Gasteiger partial charge in [0.25, 0.3) is 0 Å². The number of rotatable bonds is 5. The average Bonchev–Trinajstić information content (AvgIpc) is 2.66. The summed E-state index contributed by atoms with van der Waals surface area (Å²) in [6.07, 6.45) is 0.453. The lowest BCUT2D eigenvalue weighted by atomic mass is 10.1. The van der Waals surface area contributed by atoms with Gasteiger partial charge in [-0.05, 0) is 48.7 Å². The number of amides is 2. The fourth-order valence-electron chi connectivity index (χ4n) is 2.98. The molecule has 0 atom stereocenters. The van der Waals surface area contributed by atoms with Gasteiger partial charge in [-0.15, -0.1) is 0 Å². The van der Waals surface area contributed by atoms with Crippen LogP contribution in [0.25, 0.3) is 0 Å². The number of halogens is 1. The fraction of sp³-hybridized carbons (Fsp3) is 0.350. The number of carbonyl (C=O) groups excluding carboxylic acids is 1. The van der Waals surface area contributed by atoms with E-state index in [2.05, 4.69) is 21.6 Å². The maximum atomic E-state index is 13.6. The highest BCUT2D eigenvalue weighted by Crippen LogP contribution is 2.23. The van der Waals surface area contributed by atoms with Gasteiger partial charge in [-0.2, -0.15) is 0 Å². The van der Waals surface area contributed by atoms with Crippen LogP contribution in [0.1, 0.15) is 11.1 Å². The molecule has 2 aromatic rings. The summed E-state index contributed by atoms with van der Waals surface area (Å²) >= 11 is 0. The molecule has 138 valence electrons. The van der Waals surface area contributed by atoms with E-state index in [4.69, 9.17) is 4.74 Å². The molecule has 0 radical (unpaired) electrons. The van der Waals surface area contributed by atoms with Crippen molar-refractivity contribution in [2.75, 3.05) is 43.1 Å². The highest BCUT2D eigenvalue weighted by Gasteiger charge is 2.13. The van der Waals surface area contributed by atoms with Gasteiger partial charge in [0.2, 0.25) is 0 Å². The number of hydrogen-bond donors (Lipinski definition) is 2. The predicted molar refractivity (Wildman–Crippen MR) is 101 cm³/mol. The topological polar surface area (TPSA) is 53.6 Å². The van der Waals surface area contributed by atoms with Crippen molar-refractivity contribution < 1.29 is 13.9 Å². The third kappa shape index (κ3) is 4.73. The lowest BCUT2D eigenvalue weighted by Gasteiger charge is -2.29. The average molecular weight is 357 g/mol. The van der Waals surface area contributed by atoms with Crippen LogP contribution in [-0.4, -0.2) is 38.9 Å². The first-order valence-electron chi connectivity index (χ1n) is 8.85. The minimum Gasteiger partial charge on any atom is -0.378 e. The molecule has 1 aliphatic heterocycles. The number of anilines is 2. The Kier molecular flexibility index (Phi) is 6.07. The van der Waals surface area contributed by atoms with Crippen LogP contribution >= 0.6 is 0 Å². The summed E-state index contributed by atoms with van der Waals surface area (Å²) < 4.78 is 18.9. The molecule has 1 saturated heterocycles. The van der Waals surface area contributed by atoms with Crippen LogP contribution in [0.4, 0.5) is 20.6 Å². The largest absolute Gasteiger partial charge is 0.378 e. The van der Waals surface area contributed by atoms with Gasteiger partial charge in [0.1, 0.15) is 5.82 Å². The van der Waals surface area contributed by atoms with Crippen molar-refractivity contribution in [2.45, 2.75) is 13.3 Å². The Morgan fingerprint density at radius 1 is 1.19 bits per heavy atom. The molecule has 0 saturated carbocycles. The Balaban J connectivity index is 1.51. The number of nitrogens with one attached hydrogen (secondary N) is 2. The molecule has 2 aromatic carbocycles. The molecule has 1 heterocycles. The van der Waals surface area contributed by atoms with Crippen molar-refractivity contribution in [3.8, 4) is 0 Å². The Hall–Kier alpha value is -2.60. The Morgan fingerprint density at radius 2 is 1.96 bits per heavy atom. The zero-order chi connectivity index (χ0) is 18.4. The molecule has 0 aromatic heterocycles. The van der Waals surface area contributed by atoms with E-state index < -0.39 is 0 Å². The van der Waals surface area contributed by atoms with Crippen molar-refractivity contribution >= 4 is 17.4 Å². The fourth-order valence-corrected chi connectivity index (χ4v) is 2.98. The van der Waals surface area contributed by atoms with Crippen LogP contribution in [0.5, 0.6) is 0 Å². The molecule has 0 bridgehead atoms. The van der Waals surface area contributed by atoms with Crippen molar-refractivity contribution in [3.05, 3.63) is 59.4 Å². The smallest absolute Gasteiger partial charge is 0.319 e. The monoisotopic (exact) mass is 357 g/mol. The maximum Gasteiger partial charge on any atom is 0.319 e. The minimum absolute atomic E-state index is 0.246. The summed E-state index contributed by atoms with van der Waals surface area (Å²) in [5, 5.41) is 5.62. The zero-order valence-corrected chi connectivity index (χ0v) is 14.9. The molecule has 26 heavy (non-hydrogen) atoms. The van der Waals surface area contributed by atoms with E-state index in [9.17, 15) is 9.18 Å². The van der Waals surface area contributed by atoms with Gasteiger partial charge >= 0.3 is 6.03 Å². The van der Waals surface area contributed by atoms with Crippen molar-refractivity contribution in [3.63, 3.8) is 0 Å². The van der Waals surface area contributed by atoms with E-state index >= 15 is 0 Å². The van der Waals surface area contributed by atoms with Gasteiger partial charge in [-0.25, -0.2) is 9.18 Å². The number of morpholine rings is 1. The quantitative estimate of drug-likeness (QED) is 0.863. The van der Waals surface area contributed by atoms with Crippen molar-refractivity contribution in [1.82, 2.24) is 5.32 Å². The summed E-state index contributed by atoms with van der Waals surface area (Å²) in [6, 6.07) is 12.3. The van der Waals surface area contributed by atoms with Crippen LogP contribution in [0.3, 0.4) is 0 Å². The lowest BCUT2D eigenvalue weighted by molar-refractivity contribution is 0.122. The molecule has 3 rings (SSSR count). The summed E-state index contributed by atoms with van der Waals surface area (Å²) in [7, 11) is 0. The first kappa shape index (κ1) is 18.2. The number of aryl methyl sites for hydroxylation is 1. The minimum atomic E-state index is -0.288. The van der Waals surface area contributed by atoms with Crippen molar-refractivity contribution in [2.24, 2.45) is 0 Å². The molecule has 0 unspecified atom stereocenters. The van der Waals surface area contributed by atoms with Gasteiger partial charge in [0, 0.05) is 31.0 Å². The molecular weight excluding hydrogens is 333 g/mol. The molecule has 2 N–H and O–H groups in total. The van der Waals surface area contributed by atoms with Gasteiger partial charge in [0.15, 0.2) is 0 Å². The first-order chi connectivity index (χ1) is 12.6. The number of nitrogens with zero attached hydrogens (tertiary/aromatic N) is 1. The molecule has 0 spiro atoms. The zero-order valence-electron chi connectivity index (χ0n) is 14.9. The van der Waals surface area contributed by atoms with Crippen molar-refractivity contribution in [1.29, 1.82) is 0 Å². The van der Waals surface area contributed by atoms with Crippen LogP contribution in [0.2, 0.25) is 0 Å². The van der Waals surface area contributed by atoms with Gasteiger partial charge in [-0.1, -0.05) is 18.2 Å². The van der Waals surface area contributed by atoms with E-state index in [0.29, 0.717) is 18.5 Å². The molecular formula is C20H24FN3O2. The first-order valence-corrected chi connectivity index (χ1v) is 8.85. The van der Waals surface area contributed by atoms with Gasteiger partial charge < -0.3 is 20.3 Å². The number of benzene rings is 2. The predicted octanol–water partition coefficient (Wildman–Crippen LogP) is 3.33. The van der Waals surface area contributed by atoms with E-state index in [1.54, 1.807) is 18.2 Å². The molecule has 5 nitrogen and oxygen atoms in total. The Labute approximate surface area is 153 Å². The summed E-state index contributed by atoms with van der Waals surface area (Å²) in [4.78, 5) is 14.4. The Morgan fingerprint density at radius 3 is 2.69 bits per heavy atom.